The van der Waals surface area contributed by atoms with Crippen molar-refractivity contribution in [3.8, 4) is 5.75 Å². The van der Waals surface area contributed by atoms with E-state index in [1.807, 2.05) is 0 Å². The predicted molar refractivity (Wildman–Crippen MR) is 106 cm³/mol. The predicted octanol–water partition coefficient (Wildman–Crippen LogP) is 4.40. The number of nitrogens with zero attached hydrogens (tertiary/aromatic N) is 1. The lowest BCUT2D eigenvalue weighted by molar-refractivity contribution is -0.140. The number of benzene rings is 2. The molecular weight excluding hydrogens is 413 g/mol. The van der Waals surface area contributed by atoms with Crippen LogP contribution >= 0.6 is 11.6 Å². The van der Waals surface area contributed by atoms with E-state index in [-0.39, 0.29) is 28.5 Å². The molecule has 2 heterocycles. The van der Waals surface area contributed by atoms with Gasteiger partial charge in [-0.1, -0.05) is 17.7 Å². The van der Waals surface area contributed by atoms with Gasteiger partial charge in [-0.25, -0.2) is 4.39 Å². The summed E-state index contributed by atoms with van der Waals surface area (Å²) in [6.45, 7) is -0.0269. The summed E-state index contributed by atoms with van der Waals surface area (Å²) >= 11 is 6.04. The molecule has 1 aliphatic heterocycles. The van der Waals surface area contributed by atoms with E-state index in [0.717, 1.165) is 12.1 Å². The number of aliphatic hydroxyl groups is 1. The van der Waals surface area contributed by atoms with Gasteiger partial charge in [-0.3, -0.25) is 9.59 Å². The number of rotatable bonds is 4. The first-order chi connectivity index (χ1) is 14.4. The number of hydrogen-bond donors (Lipinski definition) is 2. The summed E-state index contributed by atoms with van der Waals surface area (Å²) in [6.07, 6.45) is 1.44. The molecule has 0 spiro atoms. The Kier molecular flexibility index (Phi) is 5.05. The standard InChI is InChI=1S/C22H15ClFNO5/c23-16-10-13(5-8-17(16)26)19-18(20(27)12-3-6-14(24)7-4-12)21(28)22(29)25(19)11-15-2-1-9-30-15/h1-10,19,26-27H,11H2/b20-18-. The minimum Gasteiger partial charge on any atom is -0.507 e. The number of phenolic OH excluding ortho intramolecular Hbond substituents is 1. The molecule has 0 saturated carbocycles. The summed E-state index contributed by atoms with van der Waals surface area (Å²) < 4.78 is 18.6. The van der Waals surface area contributed by atoms with Gasteiger partial charge in [-0.05, 0) is 54.1 Å². The van der Waals surface area contributed by atoms with Gasteiger partial charge in [0, 0.05) is 5.56 Å². The van der Waals surface area contributed by atoms with Crippen LogP contribution in [-0.2, 0) is 16.1 Å². The van der Waals surface area contributed by atoms with Crippen LogP contribution < -0.4 is 0 Å². The summed E-state index contributed by atoms with van der Waals surface area (Å²) in [4.78, 5) is 26.9. The van der Waals surface area contributed by atoms with E-state index in [1.54, 1.807) is 12.1 Å². The number of carbonyl (C=O) groups excluding carboxylic acids is 2. The molecule has 1 aromatic heterocycles. The van der Waals surface area contributed by atoms with Crippen molar-refractivity contribution in [1.29, 1.82) is 0 Å². The number of carbonyl (C=O) groups is 2. The van der Waals surface area contributed by atoms with Crippen molar-refractivity contribution >= 4 is 29.1 Å². The maximum absolute atomic E-state index is 13.3. The zero-order valence-corrected chi connectivity index (χ0v) is 16.1. The van der Waals surface area contributed by atoms with E-state index in [9.17, 15) is 24.2 Å². The van der Waals surface area contributed by atoms with Crippen LogP contribution in [0.2, 0.25) is 5.02 Å². The number of ketones is 1. The average molecular weight is 428 g/mol. The normalized spacial score (nSPS) is 18.2. The second kappa shape index (κ2) is 7.68. The SMILES string of the molecule is O=C1C(=O)N(Cc2ccco2)C(c2ccc(O)c(Cl)c2)/C1=C(/O)c1ccc(F)cc1. The Bertz CT molecular complexity index is 1150. The Hall–Kier alpha value is -3.58. The van der Waals surface area contributed by atoms with Gasteiger partial charge in [0.05, 0.1) is 29.4 Å². The zero-order chi connectivity index (χ0) is 21.4. The fourth-order valence-electron chi connectivity index (χ4n) is 3.42. The maximum Gasteiger partial charge on any atom is 0.296 e. The Labute approximate surface area is 175 Å². The van der Waals surface area contributed by atoms with E-state index in [2.05, 4.69) is 0 Å². The molecule has 0 radical (unpaired) electrons. The highest BCUT2D eigenvalue weighted by atomic mass is 35.5. The number of amides is 1. The Balaban J connectivity index is 1.88. The van der Waals surface area contributed by atoms with Crippen molar-refractivity contribution in [2.75, 3.05) is 0 Å². The first-order valence-corrected chi connectivity index (χ1v) is 9.29. The molecule has 6 nitrogen and oxygen atoms in total. The number of phenols is 1. The fraction of sp³-hybridized carbons (Fsp3) is 0.0909. The number of halogens is 2. The Morgan fingerprint density at radius 1 is 1.13 bits per heavy atom. The highest BCUT2D eigenvalue weighted by Crippen LogP contribution is 2.41. The lowest BCUT2D eigenvalue weighted by Gasteiger charge is -2.24. The molecule has 0 bridgehead atoms. The fourth-order valence-corrected chi connectivity index (χ4v) is 3.61. The van der Waals surface area contributed by atoms with Crippen LogP contribution in [0.5, 0.6) is 5.75 Å². The number of hydrogen-bond acceptors (Lipinski definition) is 5. The highest BCUT2D eigenvalue weighted by Gasteiger charge is 2.46. The van der Waals surface area contributed by atoms with Gasteiger partial charge >= 0.3 is 0 Å². The van der Waals surface area contributed by atoms with Crippen molar-refractivity contribution in [2.45, 2.75) is 12.6 Å². The van der Waals surface area contributed by atoms with Crippen LogP contribution in [0.15, 0.2) is 70.9 Å². The zero-order valence-electron chi connectivity index (χ0n) is 15.4. The lowest BCUT2D eigenvalue weighted by atomic mass is 9.95. The van der Waals surface area contributed by atoms with E-state index in [4.69, 9.17) is 16.0 Å². The molecule has 4 rings (SSSR count). The summed E-state index contributed by atoms with van der Waals surface area (Å²) in [5, 5.41) is 20.6. The summed E-state index contributed by atoms with van der Waals surface area (Å²) in [5.41, 5.74) is 0.425. The Morgan fingerprint density at radius 3 is 2.50 bits per heavy atom. The van der Waals surface area contributed by atoms with E-state index < -0.39 is 29.3 Å². The number of Topliss-reactive ketones (excluding diaryl/α,β-unsaturated/α-hetero) is 1. The molecule has 1 unspecified atom stereocenters. The van der Waals surface area contributed by atoms with Crippen LogP contribution in [0.25, 0.3) is 5.76 Å². The highest BCUT2D eigenvalue weighted by molar-refractivity contribution is 6.46. The summed E-state index contributed by atoms with van der Waals surface area (Å²) in [6, 6.07) is 11.5. The Morgan fingerprint density at radius 2 is 1.87 bits per heavy atom. The molecule has 1 aliphatic rings. The van der Waals surface area contributed by atoms with Crippen LogP contribution in [-0.4, -0.2) is 26.8 Å². The molecule has 1 amide bonds. The third kappa shape index (κ3) is 3.44. The smallest absolute Gasteiger partial charge is 0.296 e. The van der Waals surface area contributed by atoms with Crippen molar-refractivity contribution in [3.63, 3.8) is 0 Å². The van der Waals surface area contributed by atoms with E-state index in [0.29, 0.717) is 11.3 Å². The molecular formula is C22H15ClFNO5. The monoisotopic (exact) mass is 427 g/mol. The maximum atomic E-state index is 13.3. The second-order valence-electron chi connectivity index (χ2n) is 6.72. The van der Waals surface area contributed by atoms with Crippen molar-refractivity contribution in [2.24, 2.45) is 0 Å². The number of aliphatic hydroxyl groups excluding tert-OH is 1. The van der Waals surface area contributed by atoms with Crippen molar-refractivity contribution in [3.05, 3.63) is 94.2 Å². The third-order valence-corrected chi connectivity index (χ3v) is 5.15. The van der Waals surface area contributed by atoms with Crippen LogP contribution in [0, 0.1) is 5.82 Å². The lowest BCUT2D eigenvalue weighted by Crippen LogP contribution is -2.29. The molecule has 3 aromatic rings. The molecule has 1 saturated heterocycles. The van der Waals surface area contributed by atoms with Gasteiger partial charge in [0.2, 0.25) is 0 Å². The van der Waals surface area contributed by atoms with Crippen molar-refractivity contribution in [1.82, 2.24) is 4.90 Å². The van der Waals surface area contributed by atoms with Gasteiger partial charge in [0.25, 0.3) is 11.7 Å². The molecule has 152 valence electrons. The van der Waals surface area contributed by atoms with E-state index in [1.165, 1.54) is 41.5 Å². The van der Waals surface area contributed by atoms with Gasteiger partial charge in [-0.15, -0.1) is 0 Å². The molecule has 2 N–H and O–H groups in total. The number of aromatic hydroxyl groups is 1. The van der Waals surface area contributed by atoms with Gasteiger partial charge in [0.15, 0.2) is 0 Å². The van der Waals surface area contributed by atoms with Gasteiger partial charge in [0.1, 0.15) is 23.1 Å². The second-order valence-corrected chi connectivity index (χ2v) is 7.13. The van der Waals surface area contributed by atoms with Gasteiger partial charge < -0.3 is 19.5 Å². The quantitative estimate of drug-likeness (QED) is 0.366. The minimum absolute atomic E-state index is 0.0258. The molecule has 1 atom stereocenters. The molecule has 30 heavy (non-hydrogen) atoms. The van der Waals surface area contributed by atoms with Gasteiger partial charge in [-0.2, -0.15) is 0 Å². The first-order valence-electron chi connectivity index (χ1n) is 8.92. The molecule has 0 aliphatic carbocycles. The van der Waals surface area contributed by atoms with Crippen LogP contribution in [0.4, 0.5) is 4.39 Å². The van der Waals surface area contributed by atoms with Crippen molar-refractivity contribution < 1.29 is 28.6 Å². The largest absolute Gasteiger partial charge is 0.507 e. The minimum atomic E-state index is -0.988. The topological polar surface area (TPSA) is 91.0 Å². The molecule has 8 heteroatoms. The number of likely N-dealkylation sites (tertiary alicyclic amines) is 1. The van der Waals surface area contributed by atoms with E-state index >= 15 is 0 Å². The molecule has 2 aromatic carbocycles. The van der Waals surface area contributed by atoms with Crippen LogP contribution in [0.1, 0.15) is 22.9 Å². The third-order valence-electron chi connectivity index (χ3n) is 4.85. The average Bonchev–Trinajstić information content (AvgIpc) is 3.33. The summed E-state index contributed by atoms with van der Waals surface area (Å²) in [5.74, 6) is -2.39. The van der Waals surface area contributed by atoms with Crippen LogP contribution in [0.3, 0.4) is 0 Å². The first kappa shape index (κ1) is 19.7. The molecule has 1 fully saturated rings. The summed E-state index contributed by atoms with van der Waals surface area (Å²) in [7, 11) is 0. The number of furan rings is 1.